The maximum Gasteiger partial charge on any atom is 0.151 e. The number of methoxy groups -OCH3 is 1. The van der Waals surface area contributed by atoms with Crippen molar-refractivity contribution >= 4 is 18.0 Å². The lowest BCUT2D eigenvalue weighted by atomic mass is 10.2. The first-order valence-electron chi connectivity index (χ1n) is 3.49. The van der Waals surface area contributed by atoms with E-state index in [1.807, 2.05) is 12.3 Å². The fraction of sp³-hybridized carbons (Fsp3) is 0.222. The van der Waals surface area contributed by atoms with E-state index in [-0.39, 0.29) is 0 Å². The predicted molar refractivity (Wildman–Crippen MR) is 50.2 cm³/mol. The van der Waals surface area contributed by atoms with Crippen molar-refractivity contribution in [3.8, 4) is 5.75 Å². The van der Waals surface area contributed by atoms with E-state index in [2.05, 4.69) is 0 Å². The highest BCUT2D eigenvalue weighted by molar-refractivity contribution is 7.98. The third-order valence-corrected chi connectivity index (χ3v) is 2.36. The Morgan fingerprint density at radius 3 is 2.75 bits per heavy atom. The summed E-state index contributed by atoms with van der Waals surface area (Å²) in [7, 11) is 1.61. The molecule has 0 heterocycles. The zero-order valence-electron chi connectivity index (χ0n) is 7.03. The maximum absolute atomic E-state index is 10.5. The molecule has 1 aromatic rings. The van der Waals surface area contributed by atoms with Crippen molar-refractivity contribution in [2.75, 3.05) is 13.4 Å². The maximum atomic E-state index is 10.5. The Morgan fingerprint density at radius 1 is 1.50 bits per heavy atom. The van der Waals surface area contributed by atoms with E-state index in [9.17, 15) is 4.79 Å². The van der Waals surface area contributed by atoms with Gasteiger partial charge in [0.1, 0.15) is 5.75 Å². The number of carbonyl (C=O) groups is 1. The molecule has 0 unspecified atom stereocenters. The van der Waals surface area contributed by atoms with Gasteiger partial charge in [0.25, 0.3) is 0 Å². The number of rotatable bonds is 3. The Kier molecular flexibility index (Phi) is 3.17. The predicted octanol–water partition coefficient (Wildman–Crippen LogP) is 2.23. The van der Waals surface area contributed by atoms with Crippen molar-refractivity contribution in [2.24, 2.45) is 0 Å². The van der Waals surface area contributed by atoms with E-state index in [1.165, 1.54) is 11.8 Å². The van der Waals surface area contributed by atoms with Crippen LogP contribution in [0.1, 0.15) is 10.4 Å². The molecule has 0 saturated carbocycles. The highest BCUT2D eigenvalue weighted by Gasteiger charge is 2.01. The van der Waals surface area contributed by atoms with Crippen molar-refractivity contribution in [1.82, 2.24) is 0 Å². The van der Waals surface area contributed by atoms with Crippen molar-refractivity contribution in [3.63, 3.8) is 0 Å². The number of hydrogen-bond donors (Lipinski definition) is 0. The lowest BCUT2D eigenvalue weighted by Crippen LogP contribution is -1.87. The van der Waals surface area contributed by atoms with Gasteiger partial charge < -0.3 is 4.74 Å². The highest BCUT2D eigenvalue weighted by atomic mass is 32.2. The Hall–Kier alpha value is -0.960. The summed E-state index contributed by atoms with van der Waals surface area (Å²) in [4.78, 5) is 11.5. The largest absolute Gasteiger partial charge is 0.497 e. The molecular formula is C9H10O2S. The number of hydrogen-bond acceptors (Lipinski definition) is 3. The van der Waals surface area contributed by atoms with Gasteiger partial charge >= 0.3 is 0 Å². The molecule has 0 N–H and O–H groups in total. The van der Waals surface area contributed by atoms with Gasteiger partial charge in [-0.2, -0.15) is 0 Å². The summed E-state index contributed by atoms with van der Waals surface area (Å²) in [5, 5.41) is 0. The topological polar surface area (TPSA) is 26.3 Å². The Bertz CT molecular complexity index is 284. The molecule has 2 nitrogen and oxygen atoms in total. The average molecular weight is 182 g/mol. The molecule has 0 radical (unpaired) electrons. The van der Waals surface area contributed by atoms with Crippen LogP contribution in [0, 0.1) is 0 Å². The van der Waals surface area contributed by atoms with E-state index >= 15 is 0 Å². The number of benzene rings is 1. The Labute approximate surface area is 75.9 Å². The van der Waals surface area contributed by atoms with Crippen LogP contribution >= 0.6 is 11.8 Å². The highest BCUT2D eigenvalue weighted by Crippen LogP contribution is 2.24. The van der Waals surface area contributed by atoms with E-state index in [1.54, 1.807) is 19.2 Å². The zero-order valence-corrected chi connectivity index (χ0v) is 7.85. The lowest BCUT2D eigenvalue weighted by Gasteiger charge is -2.03. The van der Waals surface area contributed by atoms with Crippen LogP contribution in [0.4, 0.5) is 0 Å². The van der Waals surface area contributed by atoms with Gasteiger partial charge in [0.05, 0.1) is 7.11 Å². The zero-order chi connectivity index (χ0) is 8.97. The minimum absolute atomic E-state index is 0.711. The van der Waals surface area contributed by atoms with Gasteiger partial charge in [-0.15, -0.1) is 11.8 Å². The molecule has 0 spiro atoms. The third-order valence-electron chi connectivity index (χ3n) is 1.57. The first kappa shape index (κ1) is 9.13. The summed E-state index contributed by atoms with van der Waals surface area (Å²) < 4.78 is 5.03. The number of thioether (sulfide) groups is 1. The van der Waals surface area contributed by atoms with Gasteiger partial charge in [-0.1, -0.05) is 0 Å². The first-order valence-corrected chi connectivity index (χ1v) is 4.71. The summed E-state index contributed by atoms with van der Waals surface area (Å²) in [6.45, 7) is 0. The molecule has 0 amide bonds. The normalized spacial score (nSPS) is 9.50. The van der Waals surface area contributed by atoms with Crippen LogP contribution in [0.2, 0.25) is 0 Å². The SMILES string of the molecule is COc1ccc(C=O)c(SC)c1. The molecule has 12 heavy (non-hydrogen) atoms. The molecule has 0 atom stereocenters. The van der Waals surface area contributed by atoms with Gasteiger partial charge in [-0.25, -0.2) is 0 Å². The van der Waals surface area contributed by atoms with Crippen LogP contribution in [0.15, 0.2) is 23.1 Å². The Morgan fingerprint density at radius 2 is 2.25 bits per heavy atom. The van der Waals surface area contributed by atoms with E-state index < -0.39 is 0 Å². The summed E-state index contributed by atoms with van der Waals surface area (Å²) in [6, 6.07) is 5.40. The van der Waals surface area contributed by atoms with E-state index in [0.717, 1.165) is 16.9 Å². The molecule has 0 aromatic heterocycles. The second-order valence-corrected chi connectivity index (χ2v) is 3.07. The average Bonchev–Trinajstić information content (AvgIpc) is 2.16. The molecule has 0 aliphatic heterocycles. The van der Waals surface area contributed by atoms with E-state index in [4.69, 9.17) is 4.74 Å². The summed E-state index contributed by atoms with van der Waals surface area (Å²) in [6.07, 6.45) is 2.78. The quantitative estimate of drug-likeness (QED) is 0.529. The van der Waals surface area contributed by atoms with Crippen LogP contribution in [0.5, 0.6) is 5.75 Å². The smallest absolute Gasteiger partial charge is 0.151 e. The number of ether oxygens (including phenoxy) is 1. The molecule has 64 valence electrons. The summed E-state index contributed by atoms with van der Waals surface area (Å²) in [5.74, 6) is 0.782. The Balaban J connectivity index is 3.10. The van der Waals surface area contributed by atoms with Gasteiger partial charge in [0, 0.05) is 10.5 Å². The second kappa shape index (κ2) is 4.16. The van der Waals surface area contributed by atoms with Crippen LogP contribution in [0.25, 0.3) is 0 Å². The molecular weight excluding hydrogens is 172 g/mol. The summed E-state index contributed by atoms with van der Waals surface area (Å²) in [5.41, 5.74) is 0.711. The van der Waals surface area contributed by atoms with E-state index in [0.29, 0.717) is 5.56 Å². The third kappa shape index (κ3) is 1.80. The molecule has 0 aliphatic rings. The van der Waals surface area contributed by atoms with Crippen molar-refractivity contribution < 1.29 is 9.53 Å². The lowest BCUT2D eigenvalue weighted by molar-refractivity contribution is 0.112. The molecule has 1 aromatic carbocycles. The minimum atomic E-state index is 0.711. The van der Waals surface area contributed by atoms with Crippen LogP contribution in [-0.2, 0) is 0 Å². The second-order valence-electron chi connectivity index (χ2n) is 2.23. The van der Waals surface area contributed by atoms with Crippen LogP contribution in [-0.4, -0.2) is 19.7 Å². The van der Waals surface area contributed by atoms with Crippen molar-refractivity contribution in [3.05, 3.63) is 23.8 Å². The van der Waals surface area contributed by atoms with Crippen molar-refractivity contribution in [1.29, 1.82) is 0 Å². The van der Waals surface area contributed by atoms with Crippen LogP contribution < -0.4 is 4.74 Å². The molecule has 3 heteroatoms. The minimum Gasteiger partial charge on any atom is -0.497 e. The first-order chi connectivity index (χ1) is 5.81. The molecule has 0 saturated heterocycles. The van der Waals surface area contributed by atoms with Crippen LogP contribution in [0.3, 0.4) is 0 Å². The van der Waals surface area contributed by atoms with Gasteiger partial charge in [0.15, 0.2) is 6.29 Å². The number of aldehydes is 1. The molecule has 0 aliphatic carbocycles. The van der Waals surface area contributed by atoms with Gasteiger partial charge in [-0.05, 0) is 24.5 Å². The van der Waals surface area contributed by atoms with Gasteiger partial charge in [0.2, 0.25) is 0 Å². The monoisotopic (exact) mass is 182 g/mol. The fourth-order valence-electron chi connectivity index (χ4n) is 0.916. The number of carbonyl (C=O) groups excluding carboxylic acids is 1. The standard InChI is InChI=1S/C9H10O2S/c1-11-8-4-3-7(6-10)9(5-8)12-2/h3-6H,1-2H3. The van der Waals surface area contributed by atoms with Gasteiger partial charge in [-0.3, -0.25) is 4.79 Å². The summed E-state index contributed by atoms with van der Waals surface area (Å²) >= 11 is 1.54. The molecule has 1 rings (SSSR count). The molecule has 0 fully saturated rings. The molecule has 0 bridgehead atoms. The van der Waals surface area contributed by atoms with Crippen molar-refractivity contribution in [2.45, 2.75) is 4.90 Å². The fourth-order valence-corrected chi connectivity index (χ4v) is 1.50.